The second-order valence-electron chi connectivity index (χ2n) is 3.38. The van der Waals surface area contributed by atoms with Crippen molar-refractivity contribution in [3.63, 3.8) is 0 Å². The summed E-state index contributed by atoms with van der Waals surface area (Å²) in [6, 6.07) is 0. The summed E-state index contributed by atoms with van der Waals surface area (Å²) in [5, 5.41) is 29.9. The molecule has 0 aliphatic rings. The zero-order valence-corrected chi connectivity index (χ0v) is 8.70. The highest BCUT2D eigenvalue weighted by Gasteiger charge is 2.26. The van der Waals surface area contributed by atoms with Gasteiger partial charge < -0.3 is 25.4 Å². The van der Waals surface area contributed by atoms with Crippen LogP contribution in [-0.2, 0) is 4.74 Å². The van der Waals surface area contributed by atoms with E-state index in [-0.39, 0.29) is 19.8 Å². The number of hydrogen-bond acceptors (Lipinski definition) is 5. The van der Waals surface area contributed by atoms with Gasteiger partial charge in [0.25, 0.3) is 0 Å². The van der Waals surface area contributed by atoms with Crippen molar-refractivity contribution in [2.75, 3.05) is 40.1 Å². The van der Waals surface area contributed by atoms with Crippen LogP contribution in [0.15, 0.2) is 0 Å². The molecular formula is C9H21NO4. The van der Waals surface area contributed by atoms with Crippen molar-refractivity contribution in [1.82, 2.24) is 5.32 Å². The maximum atomic E-state index is 8.97. The van der Waals surface area contributed by atoms with E-state index in [4.69, 9.17) is 20.1 Å². The van der Waals surface area contributed by atoms with Crippen LogP contribution in [0.1, 0.15) is 12.8 Å². The molecule has 0 aliphatic heterocycles. The lowest BCUT2D eigenvalue weighted by Gasteiger charge is -2.28. The Hall–Kier alpha value is -0.200. The summed E-state index contributed by atoms with van der Waals surface area (Å²) in [7, 11) is 1.65. The topological polar surface area (TPSA) is 82.0 Å². The lowest BCUT2D eigenvalue weighted by Crippen LogP contribution is -2.55. The van der Waals surface area contributed by atoms with E-state index in [1.807, 2.05) is 0 Å². The van der Waals surface area contributed by atoms with Gasteiger partial charge in [0.15, 0.2) is 0 Å². The quantitative estimate of drug-likeness (QED) is 0.354. The van der Waals surface area contributed by atoms with Crippen LogP contribution in [-0.4, -0.2) is 60.9 Å². The van der Waals surface area contributed by atoms with E-state index in [0.717, 1.165) is 12.8 Å². The summed E-state index contributed by atoms with van der Waals surface area (Å²) in [6.07, 6.45) is 1.80. The number of rotatable bonds is 9. The van der Waals surface area contributed by atoms with Gasteiger partial charge in [0.05, 0.1) is 25.4 Å². The molecule has 0 aromatic rings. The van der Waals surface area contributed by atoms with E-state index in [2.05, 4.69) is 5.32 Å². The third kappa shape index (κ3) is 4.88. The monoisotopic (exact) mass is 207 g/mol. The maximum absolute atomic E-state index is 8.97. The first-order chi connectivity index (χ1) is 6.74. The smallest absolute Gasteiger partial charge is 0.0881 e. The minimum absolute atomic E-state index is 0.274. The van der Waals surface area contributed by atoms with E-state index >= 15 is 0 Å². The van der Waals surface area contributed by atoms with Crippen LogP contribution in [0.4, 0.5) is 0 Å². The molecule has 0 unspecified atom stereocenters. The normalized spacial score (nSPS) is 12.0. The zero-order valence-electron chi connectivity index (χ0n) is 8.70. The van der Waals surface area contributed by atoms with Crippen LogP contribution in [0.5, 0.6) is 0 Å². The fourth-order valence-corrected chi connectivity index (χ4v) is 1.04. The first-order valence-corrected chi connectivity index (χ1v) is 4.81. The van der Waals surface area contributed by atoms with Gasteiger partial charge >= 0.3 is 0 Å². The summed E-state index contributed by atoms with van der Waals surface area (Å²) in [5.74, 6) is 0. The number of hydrogen-bond donors (Lipinski definition) is 4. The van der Waals surface area contributed by atoms with Crippen LogP contribution in [0.3, 0.4) is 0 Å². The van der Waals surface area contributed by atoms with Crippen molar-refractivity contribution in [2.45, 2.75) is 18.4 Å². The van der Waals surface area contributed by atoms with Gasteiger partial charge in [-0.25, -0.2) is 0 Å². The maximum Gasteiger partial charge on any atom is 0.0881 e. The molecule has 0 aromatic heterocycles. The van der Waals surface area contributed by atoms with E-state index in [0.29, 0.717) is 13.2 Å². The molecular weight excluding hydrogens is 186 g/mol. The molecule has 0 aliphatic carbocycles. The number of ether oxygens (including phenoxy) is 1. The van der Waals surface area contributed by atoms with Gasteiger partial charge in [-0.05, 0) is 19.4 Å². The molecule has 5 heteroatoms. The van der Waals surface area contributed by atoms with Crippen LogP contribution >= 0.6 is 0 Å². The third-order valence-electron chi connectivity index (χ3n) is 2.18. The van der Waals surface area contributed by atoms with Crippen molar-refractivity contribution in [3.8, 4) is 0 Å². The first kappa shape index (κ1) is 13.8. The van der Waals surface area contributed by atoms with E-state index in [1.165, 1.54) is 0 Å². The van der Waals surface area contributed by atoms with E-state index in [9.17, 15) is 0 Å². The van der Waals surface area contributed by atoms with Crippen molar-refractivity contribution in [3.05, 3.63) is 0 Å². The van der Waals surface area contributed by atoms with Crippen molar-refractivity contribution < 1.29 is 20.1 Å². The Morgan fingerprint density at radius 2 is 1.64 bits per heavy atom. The molecule has 14 heavy (non-hydrogen) atoms. The van der Waals surface area contributed by atoms with Gasteiger partial charge in [-0.1, -0.05) is 0 Å². The molecule has 0 saturated carbocycles. The van der Waals surface area contributed by atoms with Crippen LogP contribution < -0.4 is 5.32 Å². The predicted octanol–water partition coefficient (Wildman–Crippen LogP) is -1.28. The minimum atomic E-state index is -0.951. The summed E-state index contributed by atoms with van der Waals surface area (Å²) in [4.78, 5) is 0. The Morgan fingerprint density at radius 3 is 2.07 bits per heavy atom. The number of aliphatic hydroxyl groups is 3. The molecule has 86 valence electrons. The van der Waals surface area contributed by atoms with E-state index in [1.54, 1.807) is 7.11 Å². The summed E-state index contributed by atoms with van der Waals surface area (Å²) in [6.45, 7) is 0.524. The molecule has 0 rings (SSSR count). The van der Waals surface area contributed by atoms with Gasteiger partial charge in [-0.2, -0.15) is 0 Å². The molecule has 0 heterocycles. The molecule has 0 saturated heterocycles. The van der Waals surface area contributed by atoms with Crippen molar-refractivity contribution >= 4 is 0 Å². The molecule has 0 radical (unpaired) electrons. The van der Waals surface area contributed by atoms with Crippen molar-refractivity contribution in [1.29, 1.82) is 0 Å². The van der Waals surface area contributed by atoms with Gasteiger partial charge in [-0.3, -0.25) is 0 Å². The molecule has 0 aromatic carbocycles. The predicted molar refractivity (Wildman–Crippen MR) is 53.1 cm³/mol. The Bertz CT molecular complexity index is 120. The van der Waals surface area contributed by atoms with Gasteiger partial charge in [-0.15, -0.1) is 0 Å². The number of unbranched alkanes of at least 4 members (excludes halogenated alkanes) is 1. The summed E-state index contributed by atoms with van der Waals surface area (Å²) < 4.78 is 4.88. The minimum Gasteiger partial charge on any atom is -0.394 e. The Balaban J connectivity index is 3.61. The Labute approximate surface area is 84.7 Å². The second-order valence-corrected chi connectivity index (χ2v) is 3.38. The fraction of sp³-hybridized carbons (Fsp3) is 1.00. The Kier molecular flexibility index (Phi) is 8.02. The standard InChI is InChI=1S/C9H21NO4/c1-14-5-3-2-4-10-9(6-11,7-12)8-13/h10-13H,2-8H2,1H3. The summed E-state index contributed by atoms with van der Waals surface area (Å²) >= 11 is 0. The highest BCUT2D eigenvalue weighted by molar-refractivity contribution is 4.85. The van der Waals surface area contributed by atoms with Crippen molar-refractivity contribution in [2.24, 2.45) is 0 Å². The molecule has 4 N–H and O–H groups in total. The zero-order chi connectivity index (χ0) is 10.9. The first-order valence-electron chi connectivity index (χ1n) is 4.81. The molecule has 0 bridgehead atoms. The molecule has 5 nitrogen and oxygen atoms in total. The number of aliphatic hydroxyl groups excluding tert-OH is 3. The second kappa shape index (κ2) is 8.14. The SMILES string of the molecule is COCCCCNC(CO)(CO)CO. The third-order valence-corrected chi connectivity index (χ3v) is 2.18. The van der Waals surface area contributed by atoms with E-state index < -0.39 is 5.54 Å². The Morgan fingerprint density at radius 1 is 1.07 bits per heavy atom. The summed E-state index contributed by atoms with van der Waals surface area (Å²) in [5.41, 5.74) is -0.951. The molecule has 0 spiro atoms. The number of methoxy groups -OCH3 is 1. The largest absolute Gasteiger partial charge is 0.394 e. The average Bonchev–Trinajstić information content (AvgIpc) is 2.24. The van der Waals surface area contributed by atoms with Gasteiger partial charge in [0.1, 0.15) is 0 Å². The fourth-order valence-electron chi connectivity index (χ4n) is 1.04. The van der Waals surface area contributed by atoms with Gasteiger partial charge in [0.2, 0.25) is 0 Å². The molecule has 0 amide bonds. The highest BCUT2D eigenvalue weighted by atomic mass is 16.5. The lowest BCUT2D eigenvalue weighted by atomic mass is 10.0. The lowest BCUT2D eigenvalue weighted by molar-refractivity contribution is 0.0422. The van der Waals surface area contributed by atoms with Crippen LogP contribution in [0.25, 0.3) is 0 Å². The highest BCUT2D eigenvalue weighted by Crippen LogP contribution is 2.01. The number of nitrogens with one attached hydrogen (secondary N) is 1. The average molecular weight is 207 g/mol. The molecule has 0 fully saturated rings. The van der Waals surface area contributed by atoms with Gasteiger partial charge in [0, 0.05) is 13.7 Å². The van der Waals surface area contributed by atoms with Crippen LogP contribution in [0.2, 0.25) is 0 Å². The van der Waals surface area contributed by atoms with Crippen LogP contribution in [0, 0.1) is 0 Å². The molecule has 0 atom stereocenters.